The second-order valence-corrected chi connectivity index (χ2v) is 6.90. The van der Waals surface area contributed by atoms with Crippen molar-refractivity contribution in [3.05, 3.63) is 0 Å². The lowest BCUT2D eigenvalue weighted by Crippen LogP contribution is -2.43. The van der Waals surface area contributed by atoms with Gasteiger partial charge in [-0.3, -0.25) is 9.59 Å². The van der Waals surface area contributed by atoms with E-state index in [0.29, 0.717) is 6.42 Å². The predicted molar refractivity (Wildman–Crippen MR) is 71.3 cm³/mol. The van der Waals surface area contributed by atoms with Crippen molar-refractivity contribution < 1.29 is 23.1 Å². The van der Waals surface area contributed by atoms with Crippen molar-refractivity contribution in [2.45, 2.75) is 32.2 Å². The lowest BCUT2D eigenvalue weighted by molar-refractivity contribution is -0.138. The molecule has 0 aliphatic carbocycles. The van der Waals surface area contributed by atoms with E-state index < -0.39 is 27.8 Å². The lowest BCUT2D eigenvalue weighted by atomic mass is 10.0. The third kappa shape index (κ3) is 9.43. The first kappa shape index (κ1) is 17.8. The number of rotatable bonds is 9. The van der Waals surface area contributed by atoms with Crippen molar-refractivity contribution in [2.24, 2.45) is 11.7 Å². The van der Waals surface area contributed by atoms with E-state index in [-0.39, 0.29) is 31.1 Å². The van der Waals surface area contributed by atoms with Gasteiger partial charge < -0.3 is 16.2 Å². The minimum absolute atomic E-state index is 0.0185. The Bertz CT molecular complexity index is 407. The summed E-state index contributed by atoms with van der Waals surface area (Å²) in [5.41, 5.74) is 5.56. The van der Waals surface area contributed by atoms with Crippen molar-refractivity contribution >= 4 is 21.7 Å². The Morgan fingerprint density at radius 1 is 1.37 bits per heavy atom. The van der Waals surface area contributed by atoms with Crippen LogP contribution in [0.3, 0.4) is 0 Å². The minimum atomic E-state index is -3.14. The number of carboxylic acid groups (broad SMARTS) is 1. The molecule has 2 unspecified atom stereocenters. The molecule has 0 bridgehead atoms. The summed E-state index contributed by atoms with van der Waals surface area (Å²) in [7, 11) is -3.14. The summed E-state index contributed by atoms with van der Waals surface area (Å²) < 4.78 is 21.9. The molecule has 0 rings (SSSR count). The molecule has 0 aliphatic rings. The van der Waals surface area contributed by atoms with E-state index in [1.54, 1.807) is 0 Å². The molecule has 19 heavy (non-hydrogen) atoms. The Morgan fingerprint density at radius 3 is 2.37 bits per heavy atom. The largest absolute Gasteiger partial charge is 0.481 e. The van der Waals surface area contributed by atoms with Crippen LogP contribution in [0.1, 0.15) is 26.2 Å². The van der Waals surface area contributed by atoms with Gasteiger partial charge >= 0.3 is 5.97 Å². The number of amides is 1. The first-order chi connectivity index (χ1) is 8.65. The van der Waals surface area contributed by atoms with Gasteiger partial charge in [-0.2, -0.15) is 0 Å². The van der Waals surface area contributed by atoms with Crippen molar-refractivity contribution in [3.8, 4) is 0 Å². The maximum atomic E-state index is 11.6. The number of carbonyl (C=O) groups excluding carboxylic acids is 1. The Morgan fingerprint density at radius 2 is 1.95 bits per heavy atom. The van der Waals surface area contributed by atoms with Crippen molar-refractivity contribution in [3.63, 3.8) is 0 Å². The predicted octanol–water partition coefficient (Wildman–Crippen LogP) is -0.634. The van der Waals surface area contributed by atoms with E-state index in [0.717, 1.165) is 6.26 Å². The van der Waals surface area contributed by atoms with Gasteiger partial charge in [0.2, 0.25) is 5.91 Å². The summed E-state index contributed by atoms with van der Waals surface area (Å²) in [6, 6.07) is -0.892. The zero-order chi connectivity index (χ0) is 15.1. The van der Waals surface area contributed by atoms with Crippen LogP contribution in [-0.4, -0.2) is 50.0 Å². The zero-order valence-corrected chi connectivity index (χ0v) is 12.1. The molecule has 0 heterocycles. The molecule has 1 amide bonds. The second-order valence-electron chi connectivity index (χ2n) is 4.64. The van der Waals surface area contributed by atoms with Crippen LogP contribution in [0, 0.1) is 5.92 Å². The molecule has 112 valence electrons. The van der Waals surface area contributed by atoms with Crippen LogP contribution in [0.25, 0.3) is 0 Å². The number of hydrogen-bond acceptors (Lipinski definition) is 5. The number of carbonyl (C=O) groups is 2. The quantitative estimate of drug-likeness (QED) is 0.519. The van der Waals surface area contributed by atoms with Crippen molar-refractivity contribution in [1.82, 2.24) is 5.32 Å². The molecule has 0 spiro atoms. The minimum Gasteiger partial charge on any atom is -0.481 e. The van der Waals surface area contributed by atoms with Crippen LogP contribution in [0.4, 0.5) is 0 Å². The molecule has 0 aliphatic heterocycles. The van der Waals surface area contributed by atoms with Gasteiger partial charge in [0.1, 0.15) is 9.84 Å². The standard InChI is InChI=1S/C11H22N2O5S/c1-3-8(6-10(14)15)7-13-11(16)9(12)4-5-19(2,17)18/h8-9H,3-7,12H2,1-2H3,(H,13,16)(H,14,15). The summed E-state index contributed by atoms with van der Waals surface area (Å²) in [4.78, 5) is 22.1. The zero-order valence-electron chi connectivity index (χ0n) is 11.3. The van der Waals surface area contributed by atoms with Gasteiger partial charge in [0, 0.05) is 19.2 Å². The van der Waals surface area contributed by atoms with Gasteiger partial charge in [0.15, 0.2) is 0 Å². The summed E-state index contributed by atoms with van der Waals surface area (Å²) in [5.74, 6) is -1.66. The molecule has 7 nitrogen and oxygen atoms in total. The maximum absolute atomic E-state index is 11.6. The van der Waals surface area contributed by atoms with Crippen LogP contribution < -0.4 is 11.1 Å². The number of sulfone groups is 1. The van der Waals surface area contributed by atoms with E-state index in [4.69, 9.17) is 10.8 Å². The van der Waals surface area contributed by atoms with Gasteiger partial charge in [-0.1, -0.05) is 13.3 Å². The number of hydrogen-bond donors (Lipinski definition) is 3. The SMILES string of the molecule is CCC(CNC(=O)C(N)CCS(C)(=O)=O)CC(=O)O. The monoisotopic (exact) mass is 294 g/mol. The Kier molecular flexibility index (Phi) is 7.62. The number of nitrogens with one attached hydrogen (secondary N) is 1. The number of nitrogens with two attached hydrogens (primary N) is 1. The van der Waals surface area contributed by atoms with Crippen LogP contribution in [0.2, 0.25) is 0 Å². The average molecular weight is 294 g/mol. The Labute approximate surface area is 113 Å². The molecule has 0 aromatic heterocycles. The van der Waals surface area contributed by atoms with Crippen LogP contribution in [0.15, 0.2) is 0 Å². The highest BCUT2D eigenvalue weighted by molar-refractivity contribution is 7.90. The van der Waals surface area contributed by atoms with Crippen LogP contribution >= 0.6 is 0 Å². The lowest BCUT2D eigenvalue weighted by Gasteiger charge is -2.16. The second kappa shape index (κ2) is 8.11. The van der Waals surface area contributed by atoms with Gasteiger partial charge in [-0.25, -0.2) is 8.42 Å². The third-order valence-corrected chi connectivity index (χ3v) is 3.72. The summed E-state index contributed by atoms with van der Waals surface area (Å²) in [6.07, 6.45) is 1.75. The number of carboxylic acids is 1. The fourth-order valence-corrected chi connectivity index (χ4v) is 2.14. The van der Waals surface area contributed by atoms with E-state index >= 15 is 0 Å². The molecule has 8 heteroatoms. The van der Waals surface area contributed by atoms with E-state index in [2.05, 4.69) is 5.32 Å². The Hall–Kier alpha value is -1.15. The highest BCUT2D eigenvalue weighted by Gasteiger charge is 2.18. The maximum Gasteiger partial charge on any atom is 0.303 e. The van der Waals surface area contributed by atoms with Gasteiger partial charge in [-0.15, -0.1) is 0 Å². The fraction of sp³-hybridized carbons (Fsp3) is 0.818. The van der Waals surface area contributed by atoms with Crippen molar-refractivity contribution in [1.29, 1.82) is 0 Å². The van der Waals surface area contributed by atoms with Crippen LogP contribution in [0.5, 0.6) is 0 Å². The van der Waals surface area contributed by atoms with E-state index in [1.165, 1.54) is 0 Å². The summed E-state index contributed by atoms with van der Waals surface area (Å²) in [5, 5.41) is 11.2. The molecular weight excluding hydrogens is 272 g/mol. The van der Waals surface area contributed by atoms with E-state index in [9.17, 15) is 18.0 Å². The highest BCUT2D eigenvalue weighted by Crippen LogP contribution is 2.06. The molecule has 0 aromatic rings. The highest BCUT2D eigenvalue weighted by atomic mass is 32.2. The topological polar surface area (TPSA) is 127 Å². The summed E-state index contributed by atoms with van der Waals surface area (Å²) >= 11 is 0. The third-order valence-electron chi connectivity index (χ3n) is 2.74. The molecule has 0 saturated heterocycles. The molecular formula is C11H22N2O5S. The number of aliphatic carboxylic acids is 1. The first-order valence-corrected chi connectivity index (χ1v) is 8.14. The fourth-order valence-electron chi connectivity index (χ4n) is 1.46. The van der Waals surface area contributed by atoms with Crippen molar-refractivity contribution in [2.75, 3.05) is 18.6 Å². The molecule has 2 atom stereocenters. The van der Waals surface area contributed by atoms with Crippen LogP contribution in [-0.2, 0) is 19.4 Å². The normalized spacial score (nSPS) is 14.7. The molecule has 0 aromatic carbocycles. The van der Waals surface area contributed by atoms with E-state index in [1.807, 2.05) is 6.92 Å². The summed E-state index contributed by atoms with van der Waals surface area (Å²) in [6.45, 7) is 2.07. The first-order valence-electron chi connectivity index (χ1n) is 6.08. The Balaban J connectivity index is 4.11. The molecule has 0 radical (unpaired) electrons. The van der Waals surface area contributed by atoms with Gasteiger partial charge in [0.05, 0.1) is 11.8 Å². The van der Waals surface area contributed by atoms with Gasteiger partial charge in [0.25, 0.3) is 0 Å². The molecule has 0 fully saturated rings. The molecule has 0 saturated carbocycles. The average Bonchev–Trinajstić information content (AvgIpc) is 2.29. The van der Waals surface area contributed by atoms with Gasteiger partial charge in [-0.05, 0) is 12.3 Å². The molecule has 4 N–H and O–H groups in total. The smallest absolute Gasteiger partial charge is 0.303 e.